The lowest BCUT2D eigenvalue weighted by atomic mass is 10.3. The lowest BCUT2D eigenvalue weighted by Gasteiger charge is -2.43. The average molecular weight is 994 g/mol. The van der Waals surface area contributed by atoms with Crippen molar-refractivity contribution in [3.8, 4) is 0 Å². The lowest BCUT2D eigenvalue weighted by molar-refractivity contribution is -0.149. The Morgan fingerprint density at radius 2 is 0.800 bits per heavy atom. The smallest absolute Gasteiger partial charge is 0.460 e. The molecule has 2 unspecified atom stereocenters. The van der Waals surface area contributed by atoms with Crippen molar-refractivity contribution in [3.05, 3.63) is 24.3 Å². The summed E-state index contributed by atoms with van der Waals surface area (Å²) in [6.45, 7) is 49.8. The maximum atomic E-state index is 11.6. The van der Waals surface area contributed by atoms with Gasteiger partial charge in [-0.1, -0.05) is 13.2 Å². The van der Waals surface area contributed by atoms with Crippen molar-refractivity contribution < 1.29 is 63.4 Å². The third-order valence-electron chi connectivity index (χ3n) is 6.51. The Balaban J connectivity index is 0. The number of aliphatic hydroxyl groups is 2. The van der Waals surface area contributed by atoms with E-state index in [1.807, 2.05) is 0 Å². The van der Waals surface area contributed by atoms with Crippen molar-refractivity contribution in [2.24, 2.45) is 0 Å². The number of aliphatic hydroxyl groups excluding tert-OH is 2. The van der Waals surface area contributed by atoms with Crippen LogP contribution in [0.25, 0.3) is 0 Å². The van der Waals surface area contributed by atoms with Gasteiger partial charge in [-0.3, -0.25) is 0 Å². The maximum absolute atomic E-state index is 11.6. The van der Waals surface area contributed by atoms with Gasteiger partial charge in [0.15, 0.2) is 49.9 Å². The molecule has 2 N–H and O–H groups in total. The molecule has 0 aromatic rings. The van der Waals surface area contributed by atoms with Gasteiger partial charge in [-0.2, -0.15) is 0 Å². The molecule has 0 amide bonds. The summed E-state index contributed by atoms with van der Waals surface area (Å²) in [5.41, 5.74) is 0.594. The normalized spacial score (nSPS) is 14.5. The topological polar surface area (TPSA) is 167 Å². The van der Waals surface area contributed by atoms with E-state index >= 15 is 0 Å². The number of ether oxygens (including phenoxy) is 4. The first-order valence-electron chi connectivity index (χ1n) is 21.1. The van der Waals surface area contributed by atoms with E-state index in [4.69, 9.17) is 43.6 Å². The Morgan fingerprint density at radius 1 is 0.500 bits per heavy atom. The number of hydrogen-bond acceptors (Lipinski definition) is 14. The van der Waals surface area contributed by atoms with Crippen LogP contribution in [0.3, 0.4) is 0 Å². The Morgan fingerprint density at radius 3 is 1.07 bits per heavy atom. The molecule has 0 aliphatic carbocycles. The van der Waals surface area contributed by atoms with Crippen molar-refractivity contribution in [1.82, 2.24) is 0 Å². The fourth-order valence-electron chi connectivity index (χ4n) is 5.17. The van der Waals surface area contributed by atoms with Crippen molar-refractivity contribution in [3.63, 3.8) is 0 Å². The summed E-state index contributed by atoms with van der Waals surface area (Å²) < 4.78 is 61.1. The highest BCUT2D eigenvalue weighted by molar-refractivity contribution is 6.91. The Hall–Kier alpha value is -0.245. The van der Waals surface area contributed by atoms with E-state index in [-0.39, 0.29) is 26.4 Å². The molecule has 0 rings (SSSR count). The summed E-state index contributed by atoms with van der Waals surface area (Å²) in [5, 5.41) is 19.3. The third kappa shape index (κ3) is 35.1. The summed E-state index contributed by atoms with van der Waals surface area (Å²) in [5.74, 6) is -1.04. The van der Waals surface area contributed by atoms with Gasteiger partial charge in [0.1, 0.15) is 18.8 Å². The molecule has 356 valence electrons. The van der Waals surface area contributed by atoms with Crippen LogP contribution < -0.4 is 0 Å². The first kappa shape index (κ1) is 61.8. The summed E-state index contributed by atoms with van der Waals surface area (Å²) >= 11 is 0. The molecule has 0 aliphatic heterocycles. The van der Waals surface area contributed by atoms with Crippen LogP contribution in [0.15, 0.2) is 24.3 Å². The Kier molecular flexibility index (Phi) is 27.5. The zero-order chi connectivity index (χ0) is 47.6. The number of carbonyl (C=O) groups is 2. The van der Waals surface area contributed by atoms with Crippen LogP contribution >= 0.6 is 0 Å². The van der Waals surface area contributed by atoms with Crippen molar-refractivity contribution in [1.29, 1.82) is 0 Å². The van der Waals surface area contributed by atoms with Gasteiger partial charge in [-0.05, 0) is 145 Å². The van der Waals surface area contributed by atoms with Crippen molar-refractivity contribution in [2.45, 2.75) is 169 Å². The second-order valence-corrected chi connectivity index (χ2v) is 55.0. The van der Waals surface area contributed by atoms with Crippen LogP contribution in [0.1, 0.15) is 26.7 Å². The van der Waals surface area contributed by atoms with Gasteiger partial charge in [0.2, 0.25) is 0 Å². The average Bonchev–Trinajstić information content (AvgIpc) is 2.97. The first-order chi connectivity index (χ1) is 26.7. The Bertz CT molecular complexity index is 1220. The van der Waals surface area contributed by atoms with E-state index in [1.165, 1.54) is 0 Å². The summed E-state index contributed by atoms with van der Waals surface area (Å²) in [7, 11) is -17.1. The van der Waals surface area contributed by atoms with Crippen molar-refractivity contribution in [2.75, 3.05) is 39.6 Å². The lowest BCUT2D eigenvalue weighted by Crippen LogP contribution is -2.60. The van der Waals surface area contributed by atoms with E-state index in [0.29, 0.717) is 49.3 Å². The van der Waals surface area contributed by atoms with E-state index < -0.39 is 91.7 Å². The van der Waals surface area contributed by atoms with Crippen LogP contribution in [0, 0.1) is 0 Å². The molecule has 2 atom stereocenters. The molecule has 0 aromatic carbocycles. The van der Waals surface area contributed by atoms with Gasteiger partial charge in [0, 0.05) is 36.4 Å². The maximum Gasteiger partial charge on any atom is 0.469 e. The predicted octanol–water partition coefficient (Wildman–Crippen LogP) is 8.73. The number of esters is 2. The highest BCUT2D eigenvalue weighted by atomic mass is 28.5. The van der Waals surface area contributed by atoms with Gasteiger partial charge in [0.25, 0.3) is 0 Å². The number of hydrogen-bond donors (Lipinski definition) is 2. The van der Waals surface area contributed by atoms with Gasteiger partial charge in [-0.15, -0.1) is 0 Å². The number of rotatable bonds is 30. The second-order valence-electron chi connectivity index (χ2n) is 21.0. The quantitative estimate of drug-likeness (QED) is 0.0304. The van der Waals surface area contributed by atoms with Crippen LogP contribution in [-0.2, 0) is 53.2 Å². The van der Waals surface area contributed by atoms with Crippen molar-refractivity contribution >= 4 is 79.5 Å². The molecule has 0 fully saturated rings. The molecular weight excluding hydrogens is 905 g/mol. The molecule has 0 bridgehead atoms. The molecule has 0 aliphatic rings. The molecule has 14 nitrogen and oxygen atoms in total. The zero-order valence-electron chi connectivity index (χ0n) is 41.4. The second kappa shape index (κ2) is 26.7. The third-order valence-corrected chi connectivity index (χ3v) is 30.6. The molecule has 0 heterocycles. The highest BCUT2D eigenvalue weighted by Crippen LogP contribution is 2.31. The molecule has 0 aromatic heterocycles. The zero-order valence-corrected chi connectivity index (χ0v) is 49.4. The molecule has 0 saturated carbocycles. The molecule has 0 saturated heterocycles. The van der Waals surface area contributed by atoms with Crippen LogP contribution in [-0.4, -0.2) is 142 Å². The fourth-order valence-corrected chi connectivity index (χ4v) is 34.4. The Labute approximate surface area is 373 Å². The summed E-state index contributed by atoms with van der Waals surface area (Å²) in [6, 6.07) is 1.37. The van der Waals surface area contributed by atoms with Crippen LogP contribution in [0.4, 0.5) is 0 Å². The van der Waals surface area contributed by atoms with Crippen LogP contribution in [0.5, 0.6) is 0 Å². The van der Waals surface area contributed by atoms with Gasteiger partial charge < -0.3 is 53.9 Å². The SMILES string of the molecule is C=C(C)C(=O)OC(CO)COCCC[Si](O[Si](C)(C)C)(O[Si](C)(C)C)O[Si](C)(C)C.C=C(C)C(=O)OCC(O)COCCC[Si](O[Si](C)(C)C)(O[Si](C)(C)C)O[Si](C)(C)C. The van der Waals surface area contributed by atoms with E-state index in [2.05, 4.69) is 131 Å². The summed E-state index contributed by atoms with van der Waals surface area (Å²) in [6.07, 6.45) is -0.154. The minimum atomic E-state index is -2.87. The van der Waals surface area contributed by atoms with Gasteiger partial charge >= 0.3 is 29.5 Å². The highest BCUT2D eigenvalue weighted by Gasteiger charge is 2.51. The molecule has 0 spiro atoms. The molecule has 0 radical (unpaired) electrons. The van der Waals surface area contributed by atoms with Crippen LogP contribution in [0.2, 0.25) is 130 Å². The van der Waals surface area contributed by atoms with Gasteiger partial charge in [0.05, 0.1) is 19.8 Å². The molecule has 60 heavy (non-hydrogen) atoms. The predicted molar refractivity (Wildman–Crippen MR) is 262 cm³/mol. The molecular formula is C38H88O14Si8. The first-order valence-corrected chi connectivity index (χ1v) is 45.4. The largest absolute Gasteiger partial charge is 0.469 e. The van der Waals surface area contributed by atoms with E-state index in [1.54, 1.807) is 13.8 Å². The van der Waals surface area contributed by atoms with Gasteiger partial charge in [-0.25, -0.2) is 9.59 Å². The minimum Gasteiger partial charge on any atom is -0.460 e. The fraction of sp³-hybridized carbons (Fsp3) is 0.842. The minimum absolute atomic E-state index is 0.0939. The molecule has 22 heteroatoms. The monoisotopic (exact) mass is 992 g/mol. The van der Waals surface area contributed by atoms with E-state index in [0.717, 1.165) is 0 Å². The number of carbonyl (C=O) groups excluding carboxylic acids is 2. The summed E-state index contributed by atoms with van der Waals surface area (Å²) in [4.78, 5) is 23.0. The van der Waals surface area contributed by atoms with E-state index in [9.17, 15) is 19.8 Å². The standard InChI is InChI=1S/2C19H44O7Si4/c1-17(2)19(21)23-16-18(20)15-22-13-12-14-30(24-27(3,4)5,25-28(6,7)8)26-29(9,10)11;1-17(2)19(21)23-18(15-20)16-22-13-12-14-30(24-27(3,4)5,25-28(6,7)8)26-29(9,10)11/h2*18,20H,1,12-16H2,2-11H3.